The fourth-order valence-electron chi connectivity index (χ4n) is 3.93. The molecule has 2 heterocycles. The Hall–Kier alpha value is -2.28. The van der Waals surface area contributed by atoms with Gasteiger partial charge in [-0.3, -0.25) is 0 Å². The van der Waals surface area contributed by atoms with Gasteiger partial charge in [0.2, 0.25) is 5.95 Å². The fourth-order valence-corrected chi connectivity index (χ4v) is 3.93. The maximum absolute atomic E-state index is 9.97. The minimum atomic E-state index is -0.0856. The van der Waals surface area contributed by atoms with E-state index in [1.807, 2.05) is 6.07 Å². The molecule has 0 saturated carbocycles. The van der Waals surface area contributed by atoms with Crippen molar-refractivity contribution in [3.05, 3.63) is 12.1 Å². The summed E-state index contributed by atoms with van der Waals surface area (Å²) in [7, 11) is 3.19. The van der Waals surface area contributed by atoms with E-state index in [-0.39, 0.29) is 12.0 Å². The van der Waals surface area contributed by atoms with Crippen molar-refractivity contribution in [1.82, 2.24) is 9.97 Å². The molecule has 1 aromatic carbocycles. The quantitative estimate of drug-likeness (QED) is 0.818. The second kappa shape index (κ2) is 7.53. The van der Waals surface area contributed by atoms with Crippen LogP contribution < -0.4 is 20.1 Å². The molecule has 1 aliphatic heterocycles. The van der Waals surface area contributed by atoms with Crippen molar-refractivity contribution in [1.29, 1.82) is 0 Å². The van der Waals surface area contributed by atoms with Gasteiger partial charge in [0.25, 0.3) is 0 Å². The summed E-state index contributed by atoms with van der Waals surface area (Å²) in [6, 6.07) is 3.63. The molecule has 0 amide bonds. The molecule has 0 spiro atoms. The van der Waals surface area contributed by atoms with E-state index >= 15 is 0 Å². The Labute approximate surface area is 154 Å². The molecule has 7 nitrogen and oxygen atoms in total. The highest BCUT2D eigenvalue weighted by atomic mass is 16.5. The van der Waals surface area contributed by atoms with Gasteiger partial charge in [-0.25, -0.2) is 4.98 Å². The molecule has 26 heavy (non-hydrogen) atoms. The summed E-state index contributed by atoms with van der Waals surface area (Å²) in [6.45, 7) is 3.95. The van der Waals surface area contributed by atoms with Crippen molar-refractivity contribution in [3.63, 3.8) is 0 Å². The first-order chi connectivity index (χ1) is 12.6. The number of aliphatic hydroxyl groups is 1. The summed E-state index contributed by atoms with van der Waals surface area (Å²) in [4.78, 5) is 11.4. The molecule has 0 bridgehead atoms. The van der Waals surface area contributed by atoms with Gasteiger partial charge in [-0.15, -0.1) is 0 Å². The topological polar surface area (TPSA) is 93.7 Å². The standard InChI is InChI=1S/C19H28N4O3/c1-4-6-19(12-24)7-5-8-23(11-19)18-21-14-10-16(26-3)15(25-2)9-13(14)17(20)22-18/h9-10,24H,4-8,11-12H2,1-3H3,(H2,20,21,22). The third kappa shape index (κ3) is 3.35. The molecular formula is C19H28N4O3. The highest BCUT2D eigenvalue weighted by Crippen LogP contribution is 2.37. The average molecular weight is 360 g/mol. The summed E-state index contributed by atoms with van der Waals surface area (Å²) < 4.78 is 10.7. The number of piperidine rings is 1. The van der Waals surface area contributed by atoms with Gasteiger partial charge in [0.05, 0.1) is 26.3 Å². The number of methoxy groups -OCH3 is 2. The summed E-state index contributed by atoms with van der Waals surface area (Å²) >= 11 is 0. The average Bonchev–Trinajstić information content (AvgIpc) is 2.67. The van der Waals surface area contributed by atoms with Crippen LogP contribution >= 0.6 is 0 Å². The number of nitrogen functional groups attached to an aromatic ring is 1. The summed E-state index contributed by atoms with van der Waals surface area (Å²) in [5.74, 6) is 2.24. The zero-order valence-electron chi connectivity index (χ0n) is 15.8. The Morgan fingerprint density at radius 1 is 1.23 bits per heavy atom. The van der Waals surface area contributed by atoms with E-state index in [0.717, 1.165) is 49.7 Å². The van der Waals surface area contributed by atoms with E-state index in [4.69, 9.17) is 20.2 Å². The predicted molar refractivity (Wildman–Crippen MR) is 103 cm³/mol. The molecule has 1 aromatic heterocycles. The number of aliphatic hydroxyl groups excluding tert-OH is 1. The Morgan fingerprint density at radius 3 is 2.62 bits per heavy atom. The van der Waals surface area contributed by atoms with Gasteiger partial charge in [-0.05, 0) is 25.3 Å². The van der Waals surface area contributed by atoms with Gasteiger partial charge >= 0.3 is 0 Å². The minimum Gasteiger partial charge on any atom is -0.493 e. The van der Waals surface area contributed by atoms with Gasteiger partial charge < -0.3 is 25.2 Å². The van der Waals surface area contributed by atoms with E-state index in [9.17, 15) is 5.11 Å². The van der Waals surface area contributed by atoms with E-state index in [2.05, 4.69) is 16.8 Å². The van der Waals surface area contributed by atoms with Crippen molar-refractivity contribution >= 4 is 22.7 Å². The van der Waals surface area contributed by atoms with Crippen LogP contribution in [-0.2, 0) is 0 Å². The SMILES string of the molecule is CCCC1(CO)CCCN(c2nc(N)c3cc(OC)c(OC)cc3n2)C1. The molecule has 1 unspecified atom stereocenters. The molecular weight excluding hydrogens is 332 g/mol. The monoisotopic (exact) mass is 360 g/mol. The van der Waals surface area contributed by atoms with Gasteiger partial charge in [-0.2, -0.15) is 4.98 Å². The Kier molecular flexibility index (Phi) is 5.36. The number of aromatic nitrogens is 2. The lowest BCUT2D eigenvalue weighted by molar-refractivity contribution is 0.0949. The summed E-state index contributed by atoms with van der Waals surface area (Å²) in [6.07, 6.45) is 4.08. The first-order valence-electron chi connectivity index (χ1n) is 9.11. The van der Waals surface area contributed by atoms with Gasteiger partial charge in [0.15, 0.2) is 11.5 Å². The second-order valence-electron chi connectivity index (χ2n) is 7.07. The Balaban J connectivity index is 2.00. The number of ether oxygens (including phenoxy) is 2. The molecule has 1 atom stereocenters. The van der Waals surface area contributed by atoms with Crippen LogP contribution in [0.25, 0.3) is 10.9 Å². The first-order valence-corrected chi connectivity index (χ1v) is 9.11. The van der Waals surface area contributed by atoms with Crippen LogP contribution in [0.15, 0.2) is 12.1 Å². The lowest BCUT2D eigenvalue weighted by Gasteiger charge is -2.42. The summed E-state index contributed by atoms with van der Waals surface area (Å²) in [5, 5.41) is 10.7. The molecule has 0 radical (unpaired) electrons. The van der Waals surface area contributed by atoms with E-state index in [1.54, 1.807) is 20.3 Å². The van der Waals surface area contributed by atoms with Crippen molar-refractivity contribution in [2.45, 2.75) is 32.6 Å². The zero-order chi connectivity index (χ0) is 18.7. The van der Waals surface area contributed by atoms with E-state index in [1.165, 1.54) is 0 Å². The lowest BCUT2D eigenvalue weighted by atomic mass is 9.77. The first kappa shape index (κ1) is 18.5. The smallest absolute Gasteiger partial charge is 0.227 e. The van der Waals surface area contributed by atoms with E-state index in [0.29, 0.717) is 23.3 Å². The van der Waals surface area contributed by atoms with Crippen LogP contribution in [0.1, 0.15) is 32.6 Å². The summed E-state index contributed by atoms with van der Waals surface area (Å²) in [5.41, 5.74) is 6.85. The number of nitrogens with two attached hydrogens (primary N) is 1. The molecule has 1 saturated heterocycles. The largest absolute Gasteiger partial charge is 0.493 e. The predicted octanol–water partition coefficient (Wildman–Crippen LogP) is 2.61. The number of hydrogen-bond acceptors (Lipinski definition) is 7. The molecule has 7 heteroatoms. The highest BCUT2D eigenvalue weighted by Gasteiger charge is 2.35. The molecule has 0 aliphatic carbocycles. The van der Waals surface area contributed by atoms with E-state index < -0.39 is 0 Å². The van der Waals surface area contributed by atoms with Crippen LogP contribution in [0.2, 0.25) is 0 Å². The van der Waals surface area contributed by atoms with Crippen molar-refractivity contribution in [2.24, 2.45) is 5.41 Å². The number of nitrogens with zero attached hydrogens (tertiary/aromatic N) is 3. The van der Waals surface area contributed by atoms with Crippen LogP contribution in [-0.4, -0.2) is 49.0 Å². The van der Waals surface area contributed by atoms with Crippen molar-refractivity contribution in [3.8, 4) is 11.5 Å². The number of rotatable bonds is 6. The molecule has 3 rings (SSSR count). The number of benzene rings is 1. The van der Waals surface area contributed by atoms with Crippen LogP contribution in [0.3, 0.4) is 0 Å². The molecule has 2 aromatic rings. The lowest BCUT2D eigenvalue weighted by Crippen LogP contribution is -2.46. The van der Waals surface area contributed by atoms with Gasteiger partial charge in [0.1, 0.15) is 5.82 Å². The maximum Gasteiger partial charge on any atom is 0.227 e. The molecule has 1 fully saturated rings. The maximum atomic E-state index is 9.97. The zero-order valence-corrected chi connectivity index (χ0v) is 15.8. The minimum absolute atomic E-state index is 0.0856. The normalized spacial score (nSPS) is 20.4. The third-order valence-electron chi connectivity index (χ3n) is 5.28. The molecule has 3 N–H and O–H groups in total. The Bertz CT molecular complexity index is 779. The van der Waals surface area contributed by atoms with Crippen LogP contribution in [0.5, 0.6) is 11.5 Å². The third-order valence-corrected chi connectivity index (χ3v) is 5.28. The fraction of sp³-hybridized carbons (Fsp3) is 0.579. The van der Waals surface area contributed by atoms with Crippen molar-refractivity contribution < 1.29 is 14.6 Å². The van der Waals surface area contributed by atoms with Crippen LogP contribution in [0.4, 0.5) is 11.8 Å². The van der Waals surface area contributed by atoms with Gasteiger partial charge in [-0.1, -0.05) is 13.3 Å². The number of anilines is 2. The van der Waals surface area contributed by atoms with Crippen LogP contribution in [0, 0.1) is 5.41 Å². The Morgan fingerprint density at radius 2 is 1.96 bits per heavy atom. The van der Waals surface area contributed by atoms with Gasteiger partial charge in [0, 0.05) is 30.0 Å². The molecule has 1 aliphatic rings. The molecule has 142 valence electrons. The number of fused-ring (bicyclic) bond motifs is 1. The second-order valence-corrected chi connectivity index (χ2v) is 7.07. The highest BCUT2D eigenvalue weighted by molar-refractivity contribution is 5.91. The number of hydrogen-bond donors (Lipinski definition) is 2. The van der Waals surface area contributed by atoms with Crippen molar-refractivity contribution in [2.75, 3.05) is 44.5 Å².